The Hall–Kier alpha value is -1.51. The molecule has 0 aliphatic heterocycles. The van der Waals surface area contributed by atoms with Gasteiger partial charge in [0, 0.05) is 19.2 Å². The third kappa shape index (κ3) is 5.36. The minimum Gasteiger partial charge on any atom is -0.497 e. The lowest BCUT2D eigenvalue weighted by molar-refractivity contribution is -0.113. The van der Waals surface area contributed by atoms with Gasteiger partial charge in [-0.25, -0.2) is 12.7 Å². The van der Waals surface area contributed by atoms with Crippen molar-refractivity contribution in [1.29, 1.82) is 0 Å². The molecule has 1 aromatic rings. The Kier molecular flexibility index (Phi) is 8.21. The van der Waals surface area contributed by atoms with E-state index in [2.05, 4.69) is 5.32 Å². The number of hydrogen-bond acceptors (Lipinski definition) is 5. The predicted octanol–water partition coefficient (Wildman–Crippen LogP) is 1.31. The topological polar surface area (TPSA) is 102 Å². The third-order valence-electron chi connectivity index (χ3n) is 2.95. The number of sulfonamides is 1. The molecule has 0 fully saturated rings. The molecule has 0 aromatic heterocycles. The zero-order valence-corrected chi connectivity index (χ0v) is 14.5. The molecular formula is C13H22ClN3O4S. The molecule has 3 N–H and O–H groups in total. The number of anilines is 2. The highest BCUT2D eigenvalue weighted by atomic mass is 35.5. The van der Waals surface area contributed by atoms with Crippen LogP contribution in [0, 0.1) is 0 Å². The second-order valence-electron chi connectivity index (χ2n) is 4.34. The molecule has 0 atom stereocenters. The zero-order chi connectivity index (χ0) is 16.0. The maximum atomic E-state index is 12.0. The molecule has 0 heterocycles. The van der Waals surface area contributed by atoms with Crippen molar-refractivity contribution in [2.24, 2.45) is 0 Å². The lowest BCUT2D eigenvalue weighted by atomic mass is 10.2. The molecule has 0 bridgehead atoms. The van der Waals surface area contributed by atoms with E-state index in [-0.39, 0.29) is 12.4 Å². The monoisotopic (exact) mass is 351 g/mol. The number of halogens is 1. The van der Waals surface area contributed by atoms with Gasteiger partial charge in [-0.15, -0.1) is 12.4 Å². The van der Waals surface area contributed by atoms with Crippen molar-refractivity contribution >= 4 is 39.7 Å². The summed E-state index contributed by atoms with van der Waals surface area (Å²) >= 11 is 0. The molecule has 0 unspecified atom stereocenters. The van der Waals surface area contributed by atoms with Gasteiger partial charge in [-0.1, -0.05) is 13.8 Å². The minimum atomic E-state index is -3.62. The first-order chi connectivity index (χ1) is 9.83. The van der Waals surface area contributed by atoms with E-state index in [1.54, 1.807) is 26.0 Å². The number of rotatable bonds is 7. The number of ether oxygens (including phenoxy) is 1. The van der Waals surface area contributed by atoms with Crippen molar-refractivity contribution in [3.63, 3.8) is 0 Å². The van der Waals surface area contributed by atoms with Gasteiger partial charge in [0.05, 0.1) is 18.5 Å². The molecule has 0 aliphatic carbocycles. The maximum Gasteiger partial charge on any atom is 0.241 e. The largest absolute Gasteiger partial charge is 0.497 e. The molecule has 0 spiro atoms. The van der Waals surface area contributed by atoms with Gasteiger partial charge < -0.3 is 15.8 Å². The van der Waals surface area contributed by atoms with Gasteiger partial charge in [-0.2, -0.15) is 0 Å². The molecule has 1 amide bonds. The van der Waals surface area contributed by atoms with Crippen LogP contribution in [0.5, 0.6) is 5.75 Å². The molecule has 0 aliphatic rings. The molecule has 22 heavy (non-hydrogen) atoms. The van der Waals surface area contributed by atoms with Crippen LogP contribution in [0.4, 0.5) is 11.4 Å². The number of nitrogens with one attached hydrogen (secondary N) is 1. The average molecular weight is 352 g/mol. The first-order valence-corrected chi connectivity index (χ1v) is 8.16. The number of nitrogens with zero attached hydrogens (tertiary/aromatic N) is 1. The number of hydrogen-bond donors (Lipinski definition) is 2. The van der Waals surface area contributed by atoms with E-state index in [0.29, 0.717) is 30.2 Å². The van der Waals surface area contributed by atoms with Crippen LogP contribution >= 0.6 is 12.4 Å². The van der Waals surface area contributed by atoms with Gasteiger partial charge >= 0.3 is 0 Å². The number of carbonyl (C=O) groups excluding carboxylic acids is 1. The van der Waals surface area contributed by atoms with Crippen LogP contribution in [0.1, 0.15) is 13.8 Å². The lowest BCUT2D eigenvalue weighted by Gasteiger charge is -2.18. The summed E-state index contributed by atoms with van der Waals surface area (Å²) < 4.78 is 30.3. The summed E-state index contributed by atoms with van der Waals surface area (Å²) in [5.74, 6) is -0.737. The Morgan fingerprint density at radius 1 is 1.32 bits per heavy atom. The highest BCUT2D eigenvalue weighted by Crippen LogP contribution is 2.24. The van der Waals surface area contributed by atoms with Gasteiger partial charge in [0.1, 0.15) is 11.5 Å². The Morgan fingerprint density at radius 2 is 1.91 bits per heavy atom. The van der Waals surface area contributed by atoms with E-state index < -0.39 is 21.7 Å². The summed E-state index contributed by atoms with van der Waals surface area (Å²) in [5, 5.41) is 2.49. The van der Waals surface area contributed by atoms with Crippen molar-refractivity contribution in [3.8, 4) is 5.75 Å². The van der Waals surface area contributed by atoms with Crippen LogP contribution in [0.2, 0.25) is 0 Å². The molecule has 126 valence electrons. The Morgan fingerprint density at radius 3 is 2.41 bits per heavy atom. The van der Waals surface area contributed by atoms with Gasteiger partial charge in [-0.3, -0.25) is 4.79 Å². The molecule has 0 saturated heterocycles. The fourth-order valence-corrected chi connectivity index (χ4v) is 3.20. The number of amides is 1. The number of benzene rings is 1. The van der Waals surface area contributed by atoms with Crippen LogP contribution in [0.25, 0.3) is 0 Å². The van der Waals surface area contributed by atoms with Crippen LogP contribution in [-0.2, 0) is 14.8 Å². The lowest BCUT2D eigenvalue weighted by Crippen LogP contribution is -2.37. The molecule has 7 nitrogen and oxygen atoms in total. The number of carbonyl (C=O) groups is 1. The average Bonchev–Trinajstić information content (AvgIpc) is 2.41. The van der Waals surface area contributed by atoms with Crippen molar-refractivity contribution in [2.75, 3.05) is 37.0 Å². The summed E-state index contributed by atoms with van der Waals surface area (Å²) in [7, 11) is -2.13. The van der Waals surface area contributed by atoms with Gasteiger partial charge in [0.2, 0.25) is 15.9 Å². The fraction of sp³-hybridized carbons (Fsp3) is 0.462. The van der Waals surface area contributed by atoms with E-state index in [4.69, 9.17) is 10.5 Å². The highest BCUT2D eigenvalue weighted by molar-refractivity contribution is 7.89. The van der Waals surface area contributed by atoms with E-state index in [0.717, 1.165) is 0 Å². The molecular weight excluding hydrogens is 330 g/mol. The first-order valence-electron chi connectivity index (χ1n) is 6.55. The van der Waals surface area contributed by atoms with Crippen LogP contribution in [0.15, 0.2) is 18.2 Å². The van der Waals surface area contributed by atoms with E-state index in [9.17, 15) is 13.2 Å². The quantitative estimate of drug-likeness (QED) is 0.721. The van der Waals surface area contributed by atoms with Gasteiger partial charge in [0.25, 0.3) is 0 Å². The summed E-state index contributed by atoms with van der Waals surface area (Å²) in [5.41, 5.74) is 6.40. The number of methoxy groups -OCH3 is 1. The minimum absolute atomic E-state index is 0. The van der Waals surface area contributed by atoms with Crippen molar-refractivity contribution in [2.45, 2.75) is 13.8 Å². The Labute approximate surface area is 137 Å². The SMILES string of the molecule is CCN(CC)S(=O)(=O)CC(=O)Nc1cc(OC)ccc1N.Cl. The van der Waals surface area contributed by atoms with Crippen LogP contribution in [0.3, 0.4) is 0 Å². The predicted molar refractivity (Wildman–Crippen MR) is 90.0 cm³/mol. The standard InChI is InChI=1S/C13H21N3O4S.ClH/c1-4-16(5-2)21(18,19)9-13(17)15-12-8-10(20-3)6-7-11(12)14;/h6-8H,4-5,9,14H2,1-3H3,(H,15,17);1H. The third-order valence-corrected chi connectivity index (χ3v) is 4.88. The van der Waals surface area contributed by atoms with Crippen molar-refractivity contribution in [1.82, 2.24) is 4.31 Å². The molecule has 1 aromatic carbocycles. The van der Waals surface area contributed by atoms with Crippen molar-refractivity contribution in [3.05, 3.63) is 18.2 Å². The molecule has 9 heteroatoms. The fourth-order valence-electron chi connectivity index (χ4n) is 1.83. The zero-order valence-electron chi connectivity index (χ0n) is 12.8. The maximum absolute atomic E-state index is 12.0. The van der Waals surface area contributed by atoms with Crippen LogP contribution in [-0.4, -0.2) is 44.6 Å². The van der Waals surface area contributed by atoms with Gasteiger partial charge in [-0.05, 0) is 12.1 Å². The van der Waals surface area contributed by atoms with E-state index in [1.807, 2.05) is 0 Å². The molecule has 0 radical (unpaired) electrons. The highest BCUT2D eigenvalue weighted by Gasteiger charge is 2.23. The van der Waals surface area contributed by atoms with E-state index in [1.165, 1.54) is 17.5 Å². The Balaban J connectivity index is 0.00000441. The molecule has 1 rings (SSSR count). The summed E-state index contributed by atoms with van der Waals surface area (Å²) in [4.78, 5) is 11.9. The summed E-state index contributed by atoms with van der Waals surface area (Å²) in [6.07, 6.45) is 0. The van der Waals surface area contributed by atoms with E-state index >= 15 is 0 Å². The smallest absolute Gasteiger partial charge is 0.241 e. The number of nitrogens with two attached hydrogens (primary N) is 1. The van der Waals surface area contributed by atoms with Crippen LogP contribution < -0.4 is 15.8 Å². The summed E-state index contributed by atoms with van der Waals surface area (Å²) in [6, 6.07) is 4.77. The summed E-state index contributed by atoms with van der Waals surface area (Å²) in [6.45, 7) is 4.10. The second-order valence-corrected chi connectivity index (χ2v) is 6.31. The van der Waals surface area contributed by atoms with Crippen molar-refractivity contribution < 1.29 is 17.9 Å². The second kappa shape index (κ2) is 8.82. The first kappa shape index (κ1) is 20.5. The number of nitrogen functional groups attached to an aromatic ring is 1. The van der Waals surface area contributed by atoms with Gasteiger partial charge in [0.15, 0.2) is 0 Å². The Bertz CT molecular complexity index is 603. The molecule has 0 saturated carbocycles. The normalized spacial score (nSPS) is 10.9.